The first-order valence-electron chi connectivity index (χ1n) is 8.57. The fourth-order valence-corrected chi connectivity index (χ4v) is 2.38. The first kappa shape index (κ1) is 20.3. The Morgan fingerprint density at radius 3 is 2.15 bits per heavy atom. The van der Waals surface area contributed by atoms with Gasteiger partial charge >= 0.3 is 0 Å². The van der Waals surface area contributed by atoms with Crippen molar-refractivity contribution >= 4 is 17.7 Å². The van der Waals surface area contributed by atoms with Crippen LogP contribution in [0.2, 0.25) is 0 Å². The maximum atomic E-state index is 12.5. The molecule has 0 aromatic heterocycles. The molecule has 3 N–H and O–H groups in total. The fraction of sp³-hybridized carbons (Fsp3) is 0.500. The minimum Gasteiger partial charge on any atom is -0.493 e. The molecule has 1 fully saturated rings. The molecule has 3 amide bonds. The topological polar surface area (TPSA) is 115 Å². The minimum absolute atomic E-state index is 0.125. The monoisotopic (exact) mass is 379 g/mol. The predicted molar refractivity (Wildman–Crippen MR) is 97.2 cm³/mol. The van der Waals surface area contributed by atoms with Gasteiger partial charge in [-0.1, -0.05) is 0 Å². The number of rotatable bonds is 9. The second kappa shape index (κ2) is 9.11. The second-order valence-electron chi connectivity index (χ2n) is 6.17. The zero-order chi connectivity index (χ0) is 20.0. The van der Waals surface area contributed by atoms with Crippen LogP contribution in [0.5, 0.6) is 17.2 Å². The van der Waals surface area contributed by atoms with E-state index in [1.54, 1.807) is 0 Å². The lowest BCUT2D eigenvalue weighted by molar-refractivity contribution is -0.127. The van der Waals surface area contributed by atoms with Crippen molar-refractivity contribution in [3.8, 4) is 17.2 Å². The Labute approximate surface area is 157 Å². The number of carbonyl (C=O) groups excluding carboxylic acids is 3. The average molecular weight is 379 g/mol. The van der Waals surface area contributed by atoms with E-state index in [1.807, 2.05) is 0 Å². The largest absolute Gasteiger partial charge is 0.493 e. The van der Waals surface area contributed by atoms with Crippen LogP contribution in [0, 0.1) is 0 Å². The number of carbonyl (C=O) groups is 3. The van der Waals surface area contributed by atoms with Gasteiger partial charge in [0.05, 0.1) is 27.9 Å². The molecule has 1 atom stereocenters. The number of methoxy groups -OCH3 is 3. The third kappa shape index (κ3) is 5.50. The van der Waals surface area contributed by atoms with Gasteiger partial charge in [0.2, 0.25) is 17.6 Å². The Hall–Kier alpha value is -2.97. The highest BCUT2D eigenvalue weighted by Gasteiger charge is 2.24. The zero-order valence-electron chi connectivity index (χ0n) is 15.9. The van der Waals surface area contributed by atoms with Crippen molar-refractivity contribution in [2.75, 3.05) is 27.9 Å². The summed E-state index contributed by atoms with van der Waals surface area (Å²) in [7, 11) is 4.36. The van der Waals surface area contributed by atoms with Crippen molar-refractivity contribution in [2.45, 2.75) is 31.8 Å². The van der Waals surface area contributed by atoms with Crippen LogP contribution in [0.25, 0.3) is 0 Å². The molecule has 0 unspecified atom stereocenters. The van der Waals surface area contributed by atoms with E-state index in [1.165, 1.54) is 40.4 Å². The SMILES string of the molecule is COc1cc(C(=O)N[C@@H](C)C(=O)NCC(=O)NC2CC2)cc(OC)c1OC. The fourth-order valence-electron chi connectivity index (χ4n) is 2.38. The number of ether oxygens (including phenoxy) is 3. The molecule has 1 aromatic rings. The Balaban J connectivity index is 1.96. The van der Waals surface area contributed by atoms with Crippen molar-refractivity contribution < 1.29 is 28.6 Å². The highest BCUT2D eigenvalue weighted by molar-refractivity contribution is 5.99. The maximum Gasteiger partial charge on any atom is 0.252 e. The number of benzene rings is 1. The van der Waals surface area contributed by atoms with Gasteiger partial charge in [0.25, 0.3) is 5.91 Å². The molecule has 1 aromatic carbocycles. The van der Waals surface area contributed by atoms with Crippen molar-refractivity contribution in [3.05, 3.63) is 17.7 Å². The summed E-state index contributed by atoms with van der Waals surface area (Å²) in [5, 5.41) is 7.85. The summed E-state index contributed by atoms with van der Waals surface area (Å²) < 4.78 is 15.6. The van der Waals surface area contributed by atoms with Gasteiger partial charge in [-0.05, 0) is 31.9 Å². The second-order valence-corrected chi connectivity index (χ2v) is 6.17. The Morgan fingerprint density at radius 1 is 1.07 bits per heavy atom. The third-order valence-corrected chi connectivity index (χ3v) is 4.03. The quantitative estimate of drug-likeness (QED) is 0.566. The summed E-state index contributed by atoms with van der Waals surface area (Å²) in [4.78, 5) is 36.2. The van der Waals surface area contributed by atoms with E-state index in [0.29, 0.717) is 17.2 Å². The lowest BCUT2D eigenvalue weighted by atomic mass is 10.1. The molecule has 1 aliphatic rings. The van der Waals surface area contributed by atoms with Gasteiger partial charge in [-0.2, -0.15) is 0 Å². The predicted octanol–water partition coefficient (Wildman–Crippen LogP) is 0.226. The van der Waals surface area contributed by atoms with Crippen LogP contribution < -0.4 is 30.2 Å². The molecule has 0 aliphatic heterocycles. The maximum absolute atomic E-state index is 12.5. The summed E-state index contributed by atoms with van der Waals surface area (Å²) in [6.45, 7) is 1.41. The molecule has 0 spiro atoms. The van der Waals surface area contributed by atoms with Crippen LogP contribution in [-0.4, -0.2) is 57.7 Å². The van der Waals surface area contributed by atoms with Crippen LogP contribution in [0.15, 0.2) is 12.1 Å². The van der Waals surface area contributed by atoms with E-state index < -0.39 is 17.9 Å². The standard InChI is InChI=1S/C18H25N3O6/c1-10(17(23)19-9-15(22)21-12-5-6-12)20-18(24)11-7-13(25-2)16(27-4)14(8-11)26-3/h7-8,10,12H,5-6,9H2,1-4H3,(H,19,23)(H,20,24)(H,21,22)/t10-/m0/s1. The molecular formula is C18H25N3O6. The van der Waals surface area contributed by atoms with Crippen LogP contribution in [0.3, 0.4) is 0 Å². The number of amides is 3. The molecule has 9 nitrogen and oxygen atoms in total. The molecule has 0 saturated heterocycles. The van der Waals surface area contributed by atoms with Gasteiger partial charge in [-0.15, -0.1) is 0 Å². The average Bonchev–Trinajstić information content (AvgIpc) is 3.48. The Morgan fingerprint density at radius 2 is 1.67 bits per heavy atom. The van der Waals surface area contributed by atoms with Crippen molar-refractivity contribution in [3.63, 3.8) is 0 Å². The summed E-state index contributed by atoms with van der Waals surface area (Å²) in [6.07, 6.45) is 1.95. The lowest BCUT2D eigenvalue weighted by Crippen LogP contribution is -2.47. The lowest BCUT2D eigenvalue weighted by Gasteiger charge is -2.16. The van der Waals surface area contributed by atoms with Crippen LogP contribution in [-0.2, 0) is 9.59 Å². The first-order chi connectivity index (χ1) is 12.9. The van der Waals surface area contributed by atoms with Crippen LogP contribution in [0.1, 0.15) is 30.1 Å². The molecule has 2 rings (SSSR count). The van der Waals surface area contributed by atoms with E-state index in [2.05, 4.69) is 16.0 Å². The van der Waals surface area contributed by atoms with E-state index in [0.717, 1.165) is 12.8 Å². The third-order valence-electron chi connectivity index (χ3n) is 4.03. The molecule has 148 valence electrons. The molecule has 0 radical (unpaired) electrons. The normalized spacial score (nSPS) is 13.9. The smallest absolute Gasteiger partial charge is 0.252 e. The van der Waals surface area contributed by atoms with E-state index in [9.17, 15) is 14.4 Å². The number of hydrogen-bond donors (Lipinski definition) is 3. The molecule has 1 saturated carbocycles. The van der Waals surface area contributed by atoms with Gasteiger partial charge < -0.3 is 30.2 Å². The Bertz CT molecular complexity index is 692. The number of hydrogen-bond acceptors (Lipinski definition) is 6. The molecule has 0 bridgehead atoms. The summed E-state index contributed by atoms with van der Waals surface area (Å²) >= 11 is 0. The van der Waals surface area contributed by atoms with Crippen molar-refractivity contribution in [2.24, 2.45) is 0 Å². The first-order valence-corrected chi connectivity index (χ1v) is 8.57. The zero-order valence-corrected chi connectivity index (χ0v) is 15.9. The Kier molecular flexibility index (Phi) is 6.86. The summed E-state index contributed by atoms with van der Waals surface area (Å²) in [6, 6.07) is 2.38. The van der Waals surface area contributed by atoms with Gasteiger partial charge in [-0.3, -0.25) is 14.4 Å². The van der Waals surface area contributed by atoms with Gasteiger partial charge in [0, 0.05) is 11.6 Å². The van der Waals surface area contributed by atoms with Crippen LogP contribution >= 0.6 is 0 Å². The van der Waals surface area contributed by atoms with Crippen LogP contribution in [0.4, 0.5) is 0 Å². The highest BCUT2D eigenvalue weighted by Crippen LogP contribution is 2.38. The molecule has 0 heterocycles. The minimum atomic E-state index is -0.828. The number of nitrogens with one attached hydrogen (secondary N) is 3. The molecular weight excluding hydrogens is 354 g/mol. The highest BCUT2D eigenvalue weighted by atomic mass is 16.5. The molecule has 1 aliphatic carbocycles. The van der Waals surface area contributed by atoms with Gasteiger partial charge in [0.15, 0.2) is 11.5 Å². The summed E-state index contributed by atoms with van der Waals surface area (Å²) in [5.41, 5.74) is 0.246. The van der Waals surface area contributed by atoms with Gasteiger partial charge in [0.1, 0.15) is 6.04 Å². The van der Waals surface area contributed by atoms with E-state index in [-0.39, 0.29) is 24.1 Å². The van der Waals surface area contributed by atoms with E-state index in [4.69, 9.17) is 14.2 Å². The summed E-state index contributed by atoms with van der Waals surface area (Å²) in [5.74, 6) is -0.161. The van der Waals surface area contributed by atoms with Crippen molar-refractivity contribution in [1.29, 1.82) is 0 Å². The molecule has 9 heteroatoms. The van der Waals surface area contributed by atoms with E-state index >= 15 is 0 Å². The molecule has 27 heavy (non-hydrogen) atoms. The van der Waals surface area contributed by atoms with Gasteiger partial charge in [-0.25, -0.2) is 0 Å². The van der Waals surface area contributed by atoms with Crippen molar-refractivity contribution in [1.82, 2.24) is 16.0 Å².